The van der Waals surface area contributed by atoms with Crippen LogP contribution < -0.4 is 0 Å². The van der Waals surface area contributed by atoms with Crippen molar-refractivity contribution in [1.29, 1.82) is 0 Å². The number of hydrogen-bond acceptors (Lipinski definition) is 2. The molecule has 4 atom stereocenters. The van der Waals surface area contributed by atoms with Crippen LogP contribution in [0.15, 0.2) is 24.3 Å². The normalized spacial score (nSPS) is 34.2. The number of rotatable bonds is 2. The van der Waals surface area contributed by atoms with E-state index in [-0.39, 0.29) is 6.10 Å². The lowest BCUT2D eigenvalue weighted by atomic mass is 10.0. The summed E-state index contributed by atoms with van der Waals surface area (Å²) >= 11 is 0. The topological polar surface area (TPSA) is 23.5 Å². The summed E-state index contributed by atoms with van der Waals surface area (Å²) < 4.78 is 0. The van der Waals surface area contributed by atoms with Gasteiger partial charge in [0.15, 0.2) is 0 Å². The number of benzene rings is 1. The van der Waals surface area contributed by atoms with E-state index in [1.54, 1.807) is 0 Å². The Morgan fingerprint density at radius 2 is 2.18 bits per heavy atom. The molecule has 0 aromatic heterocycles. The van der Waals surface area contributed by atoms with Crippen molar-refractivity contribution < 1.29 is 5.11 Å². The van der Waals surface area contributed by atoms with Gasteiger partial charge in [0.05, 0.1) is 6.10 Å². The molecule has 3 rings (SSSR count). The van der Waals surface area contributed by atoms with Crippen molar-refractivity contribution >= 4 is 0 Å². The number of hydrogen-bond donors (Lipinski definition) is 1. The number of likely N-dealkylation sites (tertiary alicyclic amines) is 1. The fraction of sp³-hybridized carbons (Fsp3) is 0.600. The minimum atomic E-state index is -0.0812. The number of aryl methyl sites for hydroxylation is 1. The zero-order chi connectivity index (χ0) is 12.0. The fourth-order valence-electron chi connectivity index (χ4n) is 3.57. The van der Waals surface area contributed by atoms with Gasteiger partial charge in [-0.2, -0.15) is 0 Å². The summed E-state index contributed by atoms with van der Waals surface area (Å²) in [6.07, 6.45) is 2.30. The van der Waals surface area contributed by atoms with Crippen LogP contribution in [0.4, 0.5) is 0 Å². The molecule has 1 saturated carbocycles. The van der Waals surface area contributed by atoms with E-state index in [0.717, 1.165) is 6.54 Å². The Morgan fingerprint density at radius 3 is 2.76 bits per heavy atom. The standard InChI is InChI=1S/C15H21NO/c1-10-4-3-5-12(8-10)11(2)16-9-13-6-7-14(16)15(13)17/h3-5,8,11,13-15,17H,6-7,9H2,1-2H3/t11-,13+,14+,15+/m0/s1. The van der Waals surface area contributed by atoms with Gasteiger partial charge in [0.1, 0.15) is 0 Å². The predicted molar refractivity (Wildman–Crippen MR) is 68.8 cm³/mol. The molecule has 1 aromatic carbocycles. The lowest BCUT2D eigenvalue weighted by Crippen LogP contribution is -2.36. The van der Waals surface area contributed by atoms with Gasteiger partial charge in [0.2, 0.25) is 0 Å². The predicted octanol–water partition coefficient (Wildman–Crippen LogP) is 2.51. The molecule has 2 bridgehead atoms. The Hall–Kier alpha value is -0.860. The molecular weight excluding hydrogens is 210 g/mol. The molecule has 1 aromatic rings. The summed E-state index contributed by atoms with van der Waals surface area (Å²) in [5.41, 5.74) is 2.70. The van der Waals surface area contributed by atoms with Gasteiger partial charge in [-0.3, -0.25) is 4.90 Å². The SMILES string of the molecule is Cc1cccc([C@H](C)N2C[C@H]3CC[C@@H]2[C@@H]3O)c1. The van der Waals surface area contributed by atoms with Gasteiger partial charge in [-0.1, -0.05) is 29.8 Å². The third kappa shape index (κ3) is 1.80. The second-order valence-corrected chi connectivity index (χ2v) is 5.68. The van der Waals surface area contributed by atoms with Crippen molar-refractivity contribution in [3.05, 3.63) is 35.4 Å². The number of aliphatic hydroxyl groups excluding tert-OH is 1. The zero-order valence-corrected chi connectivity index (χ0v) is 10.6. The third-order valence-electron chi connectivity index (χ3n) is 4.60. The molecule has 0 unspecified atom stereocenters. The smallest absolute Gasteiger partial charge is 0.0735 e. The number of fused-ring (bicyclic) bond motifs is 2. The van der Waals surface area contributed by atoms with Crippen LogP contribution in [0, 0.1) is 12.8 Å². The molecule has 1 aliphatic carbocycles. The van der Waals surface area contributed by atoms with E-state index in [9.17, 15) is 5.11 Å². The molecule has 2 heteroatoms. The second-order valence-electron chi connectivity index (χ2n) is 5.68. The summed E-state index contributed by atoms with van der Waals surface area (Å²) in [4.78, 5) is 2.49. The maximum atomic E-state index is 10.1. The van der Waals surface area contributed by atoms with E-state index < -0.39 is 0 Å². The van der Waals surface area contributed by atoms with Gasteiger partial charge >= 0.3 is 0 Å². The molecule has 17 heavy (non-hydrogen) atoms. The maximum Gasteiger partial charge on any atom is 0.0735 e. The van der Waals surface area contributed by atoms with E-state index >= 15 is 0 Å². The van der Waals surface area contributed by atoms with Crippen LogP contribution in [0.2, 0.25) is 0 Å². The van der Waals surface area contributed by atoms with Crippen molar-refractivity contribution in [1.82, 2.24) is 4.90 Å². The van der Waals surface area contributed by atoms with Crippen molar-refractivity contribution in [2.45, 2.75) is 44.9 Å². The van der Waals surface area contributed by atoms with Gasteiger partial charge in [0, 0.05) is 18.6 Å². The first-order valence-electron chi connectivity index (χ1n) is 6.67. The van der Waals surface area contributed by atoms with Crippen LogP contribution in [-0.2, 0) is 0 Å². The first-order chi connectivity index (χ1) is 8.16. The number of aliphatic hydroxyl groups is 1. The first-order valence-corrected chi connectivity index (χ1v) is 6.67. The van der Waals surface area contributed by atoms with E-state index in [0.29, 0.717) is 18.0 Å². The minimum absolute atomic E-state index is 0.0812. The average Bonchev–Trinajstić information content (AvgIpc) is 2.84. The molecule has 2 nitrogen and oxygen atoms in total. The zero-order valence-electron chi connectivity index (χ0n) is 10.6. The van der Waals surface area contributed by atoms with Crippen molar-refractivity contribution in [2.24, 2.45) is 5.92 Å². The van der Waals surface area contributed by atoms with Crippen molar-refractivity contribution in [2.75, 3.05) is 6.54 Å². The van der Waals surface area contributed by atoms with Crippen molar-refractivity contribution in [3.63, 3.8) is 0 Å². The molecule has 1 aliphatic heterocycles. The average molecular weight is 231 g/mol. The molecule has 2 aliphatic rings. The summed E-state index contributed by atoms with van der Waals surface area (Å²) in [5.74, 6) is 0.521. The largest absolute Gasteiger partial charge is 0.391 e. The van der Waals surface area contributed by atoms with Gasteiger partial charge in [-0.05, 0) is 38.2 Å². The van der Waals surface area contributed by atoms with Gasteiger partial charge in [-0.25, -0.2) is 0 Å². The summed E-state index contributed by atoms with van der Waals surface area (Å²) in [6.45, 7) is 5.48. The molecule has 0 amide bonds. The Morgan fingerprint density at radius 1 is 1.35 bits per heavy atom. The van der Waals surface area contributed by atoms with Gasteiger partial charge in [-0.15, -0.1) is 0 Å². The van der Waals surface area contributed by atoms with E-state index in [4.69, 9.17) is 0 Å². The monoisotopic (exact) mass is 231 g/mol. The quantitative estimate of drug-likeness (QED) is 0.845. The highest BCUT2D eigenvalue weighted by molar-refractivity contribution is 5.25. The fourth-order valence-corrected chi connectivity index (χ4v) is 3.57. The van der Waals surface area contributed by atoms with E-state index in [1.807, 2.05) is 0 Å². The minimum Gasteiger partial charge on any atom is -0.391 e. The Balaban J connectivity index is 1.82. The summed E-state index contributed by atoms with van der Waals surface area (Å²) in [5, 5.41) is 10.1. The van der Waals surface area contributed by atoms with Gasteiger partial charge in [0.25, 0.3) is 0 Å². The van der Waals surface area contributed by atoms with Gasteiger partial charge < -0.3 is 5.11 Å². The lowest BCUT2D eigenvalue weighted by molar-refractivity contribution is 0.105. The van der Waals surface area contributed by atoms with Crippen LogP contribution in [0.5, 0.6) is 0 Å². The molecule has 92 valence electrons. The Labute approximate surface area is 103 Å². The van der Waals surface area contributed by atoms with Crippen molar-refractivity contribution in [3.8, 4) is 0 Å². The van der Waals surface area contributed by atoms with Crippen LogP contribution in [0.3, 0.4) is 0 Å². The first kappa shape index (κ1) is 11.2. The van der Waals surface area contributed by atoms with Crippen LogP contribution in [-0.4, -0.2) is 28.7 Å². The third-order valence-corrected chi connectivity index (χ3v) is 4.60. The highest BCUT2D eigenvalue weighted by Gasteiger charge is 2.47. The Bertz CT molecular complexity index is 417. The molecule has 2 fully saturated rings. The second kappa shape index (κ2) is 4.11. The molecule has 0 spiro atoms. The molecule has 1 heterocycles. The van der Waals surface area contributed by atoms with E-state index in [2.05, 4.69) is 43.0 Å². The molecular formula is C15H21NO. The lowest BCUT2D eigenvalue weighted by Gasteiger charge is -2.33. The maximum absolute atomic E-state index is 10.1. The highest BCUT2D eigenvalue weighted by atomic mass is 16.3. The van der Waals surface area contributed by atoms with Crippen LogP contribution >= 0.6 is 0 Å². The molecule has 1 N–H and O–H groups in total. The number of nitrogens with zero attached hydrogens (tertiary/aromatic N) is 1. The summed E-state index contributed by atoms with van der Waals surface area (Å²) in [6, 6.07) is 9.57. The van der Waals surface area contributed by atoms with Crippen LogP contribution in [0.25, 0.3) is 0 Å². The Kier molecular flexibility index (Phi) is 2.72. The van der Waals surface area contributed by atoms with Crippen LogP contribution in [0.1, 0.15) is 36.9 Å². The molecule has 0 radical (unpaired) electrons. The number of piperidine rings is 1. The molecule has 1 saturated heterocycles. The summed E-state index contributed by atoms with van der Waals surface area (Å²) in [7, 11) is 0. The highest BCUT2D eigenvalue weighted by Crippen LogP contribution is 2.42. The van der Waals surface area contributed by atoms with E-state index in [1.165, 1.54) is 24.0 Å².